The quantitative estimate of drug-likeness (QED) is 0.687. The van der Waals surface area contributed by atoms with Gasteiger partial charge in [0.25, 0.3) is 0 Å². The molecule has 4 fully saturated rings. The Balaban J connectivity index is 1.76. The molecule has 3 aliphatic heterocycles. The first-order valence-electron chi connectivity index (χ1n) is 5.85. The Morgan fingerprint density at radius 1 is 1.43 bits per heavy atom. The van der Waals surface area contributed by atoms with Gasteiger partial charge in [0.15, 0.2) is 0 Å². The minimum Gasteiger partial charge on any atom is -0.313 e. The van der Waals surface area contributed by atoms with Gasteiger partial charge >= 0.3 is 0 Å². The molecule has 3 saturated heterocycles. The summed E-state index contributed by atoms with van der Waals surface area (Å²) in [6.45, 7) is 7.27. The highest BCUT2D eigenvalue weighted by Crippen LogP contribution is 2.52. The van der Waals surface area contributed by atoms with Gasteiger partial charge in [0, 0.05) is 17.2 Å². The maximum absolute atomic E-state index is 3.75. The van der Waals surface area contributed by atoms with E-state index < -0.39 is 0 Å². The number of hydrogen-bond donors (Lipinski definition) is 2. The third kappa shape index (κ3) is 1.25. The molecular weight excluding hydrogens is 192 g/mol. The van der Waals surface area contributed by atoms with Crippen LogP contribution in [-0.2, 0) is 0 Å². The Bertz CT molecular complexity index is 231. The maximum atomic E-state index is 3.75. The van der Waals surface area contributed by atoms with Crippen molar-refractivity contribution in [3.05, 3.63) is 0 Å². The predicted molar refractivity (Wildman–Crippen MR) is 61.5 cm³/mol. The molecule has 3 heteroatoms. The van der Waals surface area contributed by atoms with Crippen LogP contribution < -0.4 is 10.6 Å². The summed E-state index contributed by atoms with van der Waals surface area (Å²) in [7, 11) is 0. The molecule has 0 amide bonds. The average molecular weight is 212 g/mol. The van der Waals surface area contributed by atoms with E-state index in [0.29, 0.717) is 4.87 Å². The Hall–Kier alpha value is 0.270. The summed E-state index contributed by atoms with van der Waals surface area (Å²) in [5.41, 5.74) is 0. The lowest BCUT2D eigenvalue weighted by Crippen LogP contribution is -2.59. The number of fused-ring (bicyclic) bond motifs is 1. The molecule has 14 heavy (non-hydrogen) atoms. The van der Waals surface area contributed by atoms with Gasteiger partial charge < -0.3 is 10.6 Å². The molecule has 5 atom stereocenters. The van der Waals surface area contributed by atoms with E-state index in [2.05, 4.69) is 36.2 Å². The van der Waals surface area contributed by atoms with Crippen molar-refractivity contribution in [2.24, 2.45) is 11.8 Å². The summed E-state index contributed by atoms with van der Waals surface area (Å²) < 4.78 is 0. The van der Waals surface area contributed by atoms with Crippen LogP contribution in [-0.4, -0.2) is 29.3 Å². The first-order chi connectivity index (χ1) is 6.69. The molecule has 2 nitrogen and oxygen atoms in total. The fourth-order valence-electron chi connectivity index (χ4n) is 3.55. The van der Waals surface area contributed by atoms with Crippen molar-refractivity contribution in [3.63, 3.8) is 0 Å². The van der Waals surface area contributed by atoms with Gasteiger partial charge in [-0.2, -0.15) is 0 Å². The topological polar surface area (TPSA) is 24.1 Å². The van der Waals surface area contributed by atoms with Crippen LogP contribution in [0.15, 0.2) is 0 Å². The van der Waals surface area contributed by atoms with Gasteiger partial charge in [0.1, 0.15) is 0 Å². The van der Waals surface area contributed by atoms with E-state index in [1.807, 2.05) is 0 Å². The van der Waals surface area contributed by atoms with Crippen molar-refractivity contribution in [2.45, 2.75) is 42.9 Å². The van der Waals surface area contributed by atoms with Crippen LogP contribution in [0.25, 0.3) is 0 Å². The van der Waals surface area contributed by atoms with Crippen LogP contribution in [0.4, 0.5) is 0 Å². The Kier molecular flexibility index (Phi) is 2.12. The van der Waals surface area contributed by atoms with Crippen LogP contribution in [0.1, 0.15) is 26.7 Å². The predicted octanol–water partition coefficient (Wildman–Crippen LogP) is 1.43. The van der Waals surface area contributed by atoms with E-state index in [9.17, 15) is 0 Å². The lowest BCUT2D eigenvalue weighted by atomic mass is 9.69. The average Bonchev–Trinajstić information content (AvgIpc) is 2.61. The van der Waals surface area contributed by atoms with Crippen LogP contribution >= 0.6 is 11.8 Å². The van der Waals surface area contributed by atoms with Gasteiger partial charge in [-0.15, -0.1) is 11.8 Å². The smallest absolute Gasteiger partial charge is 0.0665 e. The molecule has 1 saturated carbocycles. The summed E-state index contributed by atoms with van der Waals surface area (Å²) in [6.07, 6.45) is 2.76. The molecule has 4 rings (SSSR count). The Morgan fingerprint density at radius 3 is 2.86 bits per heavy atom. The summed E-state index contributed by atoms with van der Waals surface area (Å²) in [5.74, 6) is 1.84. The monoisotopic (exact) mass is 212 g/mol. The normalized spacial score (nSPS) is 57.0. The first-order valence-corrected chi connectivity index (χ1v) is 6.73. The molecular formula is C11H20N2S. The highest BCUT2D eigenvalue weighted by atomic mass is 32.2. The largest absolute Gasteiger partial charge is 0.313 e. The molecule has 0 spiro atoms. The van der Waals surface area contributed by atoms with Crippen LogP contribution in [0, 0.1) is 11.8 Å². The summed E-state index contributed by atoms with van der Waals surface area (Å²) in [5, 5.41) is 8.21. The van der Waals surface area contributed by atoms with Crippen molar-refractivity contribution in [1.29, 1.82) is 0 Å². The Labute approximate surface area is 90.6 Å². The molecule has 2 N–H and O–H groups in total. The van der Waals surface area contributed by atoms with E-state index in [1.54, 1.807) is 0 Å². The van der Waals surface area contributed by atoms with Crippen molar-refractivity contribution in [1.82, 2.24) is 10.6 Å². The van der Waals surface area contributed by atoms with Gasteiger partial charge in [-0.05, 0) is 38.8 Å². The molecule has 0 aromatic heterocycles. The zero-order valence-electron chi connectivity index (χ0n) is 9.05. The Morgan fingerprint density at radius 2 is 2.29 bits per heavy atom. The highest BCUT2D eigenvalue weighted by molar-refractivity contribution is 8.01. The van der Waals surface area contributed by atoms with Crippen molar-refractivity contribution in [3.8, 4) is 0 Å². The lowest BCUT2D eigenvalue weighted by Gasteiger charge is -2.51. The van der Waals surface area contributed by atoms with Crippen LogP contribution in [0.2, 0.25) is 0 Å². The second-order valence-corrected chi connectivity index (χ2v) is 7.18. The standard InChI is InChI=1S/C11H20N2S/c1-7-3-4-13-11(2,14-7)10-8-5-9(10)12-6-8/h7-10,12-13H,3-6H2,1-2H3. The summed E-state index contributed by atoms with van der Waals surface area (Å²) in [6, 6.07) is 0.815. The van der Waals surface area contributed by atoms with Gasteiger partial charge in [-0.1, -0.05) is 6.92 Å². The van der Waals surface area contributed by atoms with E-state index in [1.165, 1.54) is 25.9 Å². The van der Waals surface area contributed by atoms with Crippen molar-refractivity contribution in [2.75, 3.05) is 13.1 Å². The molecule has 5 unspecified atom stereocenters. The molecule has 0 aromatic carbocycles. The third-order valence-corrected chi connectivity index (χ3v) is 5.79. The molecule has 80 valence electrons. The third-order valence-electron chi connectivity index (χ3n) is 4.25. The number of nitrogens with one attached hydrogen (secondary N) is 2. The van der Waals surface area contributed by atoms with E-state index >= 15 is 0 Å². The zero-order valence-corrected chi connectivity index (χ0v) is 9.86. The van der Waals surface area contributed by atoms with E-state index in [0.717, 1.165) is 23.1 Å². The summed E-state index contributed by atoms with van der Waals surface area (Å²) >= 11 is 2.17. The van der Waals surface area contributed by atoms with E-state index in [4.69, 9.17) is 0 Å². The number of thioether (sulfide) groups is 1. The van der Waals surface area contributed by atoms with Gasteiger partial charge in [-0.25, -0.2) is 0 Å². The van der Waals surface area contributed by atoms with E-state index in [-0.39, 0.29) is 0 Å². The molecule has 1 aliphatic carbocycles. The fraction of sp³-hybridized carbons (Fsp3) is 1.00. The van der Waals surface area contributed by atoms with Crippen LogP contribution in [0.5, 0.6) is 0 Å². The second-order valence-electron chi connectivity index (χ2n) is 5.29. The molecule has 3 heterocycles. The molecule has 2 bridgehead atoms. The van der Waals surface area contributed by atoms with Gasteiger partial charge in [0.05, 0.1) is 4.87 Å². The zero-order chi connectivity index (χ0) is 9.76. The lowest BCUT2D eigenvalue weighted by molar-refractivity contribution is 0.141. The van der Waals surface area contributed by atoms with Crippen molar-refractivity contribution >= 4 is 11.8 Å². The fourth-order valence-corrected chi connectivity index (χ4v) is 5.32. The molecule has 4 aliphatic rings. The number of hydrogen-bond acceptors (Lipinski definition) is 3. The maximum Gasteiger partial charge on any atom is 0.0665 e. The molecule has 0 aromatic rings. The minimum absolute atomic E-state index is 0.356. The summed E-state index contributed by atoms with van der Waals surface area (Å²) in [4.78, 5) is 0.356. The second kappa shape index (κ2) is 3.13. The SMILES string of the molecule is CC1CCNC(C)(C2C3CNC2C3)S1. The first kappa shape index (κ1) is 9.49. The van der Waals surface area contributed by atoms with Gasteiger partial charge in [0.2, 0.25) is 0 Å². The number of rotatable bonds is 1. The van der Waals surface area contributed by atoms with Crippen molar-refractivity contribution < 1.29 is 0 Å². The molecule has 0 radical (unpaired) electrons. The highest BCUT2D eigenvalue weighted by Gasteiger charge is 2.56. The van der Waals surface area contributed by atoms with Crippen LogP contribution in [0.3, 0.4) is 0 Å². The van der Waals surface area contributed by atoms with Gasteiger partial charge in [-0.3, -0.25) is 0 Å². The minimum atomic E-state index is 0.356.